The normalized spacial score (nSPS) is 12.7. The number of hydrogen-bond acceptors (Lipinski definition) is 7. The predicted molar refractivity (Wildman–Crippen MR) is 143 cm³/mol. The number of carbonyl (C=O) groups excluding carboxylic acids is 2. The molecule has 0 aliphatic rings. The Morgan fingerprint density at radius 3 is 2.08 bits per heavy atom. The summed E-state index contributed by atoms with van der Waals surface area (Å²) in [4.78, 5) is 28.0. The first-order chi connectivity index (χ1) is 17.4. The average molecular weight is 536 g/mol. The van der Waals surface area contributed by atoms with Crippen LogP contribution in [0.2, 0.25) is 0 Å². The van der Waals surface area contributed by atoms with Gasteiger partial charge < -0.3 is 24.4 Å². The van der Waals surface area contributed by atoms with Crippen LogP contribution in [0.15, 0.2) is 42.5 Å². The summed E-state index contributed by atoms with van der Waals surface area (Å²) in [5.41, 5.74) is 0.990. The second kappa shape index (κ2) is 13.2. The van der Waals surface area contributed by atoms with Crippen molar-refractivity contribution in [2.24, 2.45) is 0 Å². The molecule has 2 atom stereocenters. The molecular formula is C26H37N3O7S. The van der Waals surface area contributed by atoms with Gasteiger partial charge in [0.1, 0.15) is 18.3 Å². The Kier molecular flexibility index (Phi) is 10.6. The topological polar surface area (TPSA) is 114 Å². The van der Waals surface area contributed by atoms with E-state index in [-0.39, 0.29) is 24.2 Å². The molecule has 2 aromatic carbocycles. The van der Waals surface area contributed by atoms with E-state index >= 15 is 0 Å². The van der Waals surface area contributed by atoms with E-state index in [4.69, 9.17) is 14.2 Å². The molecule has 204 valence electrons. The van der Waals surface area contributed by atoms with Crippen LogP contribution in [0.1, 0.15) is 32.8 Å². The van der Waals surface area contributed by atoms with Crippen LogP contribution in [-0.2, 0) is 26.2 Å². The molecule has 10 nitrogen and oxygen atoms in total. The van der Waals surface area contributed by atoms with Gasteiger partial charge in [0, 0.05) is 18.7 Å². The van der Waals surface area contributed by atoms with Gasteiger partial charge in [-0.2, -0.15) is 0 Å². The van der Waals surface area contributed by atoms with Gasteiger partial charge in [0.15, 0.2) is 11.5 Å². The predicted octanol–water partition coefficient (Wildman–Crippen LogP) is 2.81. The molecule has 0 spiro atoms. The first-order valence-corrected chi connectivity index (χ1v) is 13.7. The van der Waals surface area contributed by atoms with Crippen LogP contribution in [0.3, 0.4) is 0 Å². The monoisotopic (exact) mass is 535 g/mol. The van der Waals surface area contributed by atoms with Crippen molar-refractivity contribution in [1.82, 2.24) is 10.2 Å². The van der Waals surface area contributed by atoms with Gasteiger partial charge in [-0.3, -0.25) is 13.9 Å². The molecule has 0 saturated carbocycles. The number of nitrogens with one attached hydrogen (secondary N) is 1. The lowest BCUT2D eigenvalue weighted by atomic mass is 10.1. The van der Waals surface area contributed by atoms with E-state index in [9.17, 15) is 18.0 Å². The number of anilines is 1. The Labute approximate surface area is 219 Å². The minimum atomic E-state index is -3.87. The summed E-state index contributed by atoms with van der Waals surface area (Å²) in [6.45, 7) is 5.04. The molecule has 0 radical (unpaired) electrons. The highest BCUT2D eigenvalue weighted by Gasteiger charge is 2.30. The number of nitrogens with zero attached hydrogens (tertiary/aromatic N) is 2. The lowest BCUT2D eigenvalue weighted by Gasteiger charge is -2.32. The van der Waals surface area contributed by atoms with Gasteiger partial charge in [-0.25, -0.2) is 8.42 Å². The van der Waals surface area contributed by atoms with Crippen molar-refractivity contribution in [3.63, 3.8) is 0 Å². The van der Waals surface area contributed by atoms with Gasteiger partial charge >= 0.3 is 0 Å². The number of carbonyl (C=O) groups is 2. The zero-order chi connectivity index (χ0) is 27.8. The first-order valence-electron chi connectivity index (χ1n) is 11.9. The Hall–Kier alpha value is -3.47. The molecule has 0 aliphatic carbocycles. The molecule has 0 heterocycles. The molecule has 2 aromatic rings. The molecular weight excluding hydrogens is 498 g/mol. The van der Waals surface area contributed by atoms with Gasteiger partial charge in [-0.15, -0.1) is 0 Å². The lowest BCUT2D eigenvalue weighted by Crippen LogP contribution is -2.52. The van der Waals surface area contributed by atoms with E-state index in [1.807, 2.05) is 13.8 Å². The number of rotatable bonds is 13. The molecule has 1 N–H and O–H groups in total. The van der Waals surface area contributed by atoms with E-state index in [2.05, 4.69) is 5.32 Å². The summed E-state index contributed by atoms with van der Waals surface area (Å²) in [5, 5.41) is 2.90. The largest absolute Gasteiger partial charge is 0.497 e. The minimum absolute atomic E-state index is 0.0767. The zero-order valence-electron chi connectivity index (χ0n) is 22.5. The van der Waals surface area contributed by atoms with Crippen LogP contribution >= 0.6 is 0 Å². The highest BCUT2D eigenvalue weighted by Crippen LogP contribution is 2.32. The van der Waals surface area contributed by atoms with Crippen molar-refractivity contribution < 1.29 is 32.2 Å². The van der Waals surface area contributed by atoms with Crippen LogP contribution in [0.5, 0.6) is 17.2 Å². The first kappa shape index (κ1) is 29.8. The van der Waals surface area contributed by atoms with Crippen molar-refractivity contribution in [2.75, 3.05) is 38.4 Å². The average Bonchev–Trinajstić information content (AvgIpc) is 2.88. The van der Waals surface area contributed by atoms with Crippen molar-refractivity contribution in [3.05, 3.63) is 48.0 Å². The molecule has 0 aromatic heterocycles. The molecule has 37 heavy (non-hydrogen) atoms. The lowest BCUT2D eigenvalue weighted by molar-refractivity contribution is -0.139. The number of ether oxygens (including phenoxy) is 3. The van der Waals surface area contributed by atoms with E-state index in [0.29, 0.717) is 17.2 Å². The fourth-order valence-corrected chi connectivity index (χ4v) is 4.41. The minimum Gasteiger partial charge on any atom is -0.497 e. The van der Waals surface area contributed by atoms with Crippen LogP contribution in [-0.4, -0.2) is 71.3 Å². The molecule has 11 heteroatoms. The quantitative estimate of drug-likeness (QED) is 0.419. The van der Waals surface area contributed by atoms with Crippen molar-refractivity contribution in [3.8, 4) is 17.2 Å². The third-order valence-electron chi connectivity index (χ3n) is 6.01. The second-order valence-electron chi connectivity index (χ2n) is 8.67. The Balaban J connectivity index is 2.43. The molecule has 2 rings (SSSR count). The van der Waals surface area contributed by atoms with E-state index in [1.54, 1.807) is 44.4 Å². The molecule has 0 fully saturated rings. The van der Waals surface area contributed by atoms with Crippen molar-refractivity contribution in [2.45, 2.75) is 45.8 Å². The van der Waals surface area contributed by atoms with Crippen LogP contribution in [0.4, 0.5) is 5.69 Å². The molecule has 0 unspecified atom stereocenters. The summed E-state index contributed by atoms with van der Waals surface area (Å²) >= 11 is 0. The van der Waals surface area contributed by atoms with Crippen molar-refractivity contribution in [1.29, 1.82) is 0 Å². The smallest absolute Gasteiger partial charge is 0.244 e. The summed E-state index contributed by atoms with van der Waals surface area (Å²) in [5.74, 6) is 0.525. The maximum atomic E-state index is 13.6. The standard InChI is InChI=1S/C26H37N3O7S/c1-8-18(2)27-26(31)19(3)28(16-20-9-12-22(34-4)13-10-20)25(30)17-29(37(7,32)33)21-11-14-23(35-5)24(15-21)36-6/h9-15,18-19H,8,16-17H2,1-7H3,(H,27,31)/t18-,19-/m1/s1. The van der Waals surface area contributed by atoms with Gasteiger partial charge in [-0.1, -0.05) is 19.1 Å². The van der Waals surface area contributed by atoms with E-state index in [1.165, 1.54) is 31.3 Å². The number of methoxy groups -OCH3 is 3. The maximum Gasteiger partial charge on any atom is 0.244 e. The fraction of sp³-hybridized carbons (Fsp3) is 0.462. The number of amides is 2. The Bertz CT molecular complexity index is 1170. The zero-order valence-corrected chi connectivity index (χ0v) is 23.3. The Morgan fingerprint density at radius 2 is 1.57 bits per heavy atom. The third-order valence-corrected chi connectivity index (χ3v) is 7.16. The highest BCUT2D eigenvalue weighted by molar-refractivity contribution is 7.92. The number of benzene rings is 2. The van der Waals surface area contributed by atoms with Gasteiger partial charge in [-0.05, 0) is 50.1 Å². The van der Waals surface area contributed by atoms with E-state index in [0.717, 1.165) is 22.5 Å². The van der Waals surface area contributed by atoms with Crippen molar-refractivity contribution >= 4 is 27.5 Å². The van der Waals surface area contributed by atoms with Crippen LogP contribution in [0, 0.1) is 0 Å². The number of sulfonamides is 1. The number of hydrogen-bond donors (Lipinski definition) is 1. The molecule has 0 aliphatic heterocycles. The molecule has 2 amide bonds. The Morgan fingerprint density at radius 1 is 0.946 bits per heavy atom. The van der Waals surface area contributed by atoms with Crippen LogP contribution in [0.25, 0.3) is 0 Å². The van der Waals surface area contributed by atoms with Gasteiger partial charge in [0.25, 0.3) is 0 Å². The second-order valence-corrected chi connectivity index (χ2v) is 10.6. The third kappa shape index (κ3) is 8.01. The summed E-state index contributed by atoms with van der Waals surface area (Å²) in [7, 11) is 0.593. The fourth-order valence-electron chi connectivity index (χ4n) is 3.57. The SMILES string of the molecule is CC[C@@H](C)NC(=O)[C@@H](C)N(Cc1ccc(OC)cc1)C(=O)CN(c1ccc(OC)c(OC)c1)S(C)(=O)=O. The summed E-state index contributed by atoms with van der Waals surface area (Å²) < 4.78 is 42.2. The van der Waals surface area contributed by atoms with Gasteiger partial charge in [0.05, 0.1) is 33.3 Å². The van der Waals surface area contributed by atoms with Crippen LogP contribution < -0.4 is 23.8 Å². The summed E-state index contributed by atoms with van der Waals surface area (Å²) in [6.07, 6.45) is 1.75. The van der Waals surface area contributed by atoms with E-state index < -0.39 is 28.5 Å². The summed E-state index contributed by atoms with van der Waals surface area (Å²) in [6, 6.07) is 10.8. The van der Waals surface area contributed by atoms with Gasteiger partial charge in [0.2, 0.25) is 21.8 Å². The maximum absolute atomic E-state index is 13.6. The highest BCUT2D eigenvalue weighted by atomic mass is 32.2. The molecule has 0 saturated heterocycles. The molecule has 0 bridgehead atoms.